The van der Waals surface area contributed by atoms with E-state index in [1.165, 1.54) is 16.7 Å². The molecule has 1 aliphatic carbocycles. The van der Waals surface area contributed by atoms with Crippen LogP contribution >= 0.6 is 0 Å². The lowest BCUT2D eigenvalue weighted by molar-refractivity contribution is 0.142. The molecule has 2 unspecified atom stereocenters. The molecule has 49 heavy (non-hydrogen) atoms. The lowest BCUT2D eigenvalue weighted by Gasteiger charge is -2.39. The molecule has 2 atom stereocenters. The number of oxazole rings is 1. The predicted molar refractivity (Wildman–Crippen MR) is 200 cm³/mol. The lowest BCUT2D eigenvalue weighted by Crippen LogP contribution is -2.32. The Morgan fingerprint density at radius 3 is 1.94 bits per heavy atom. The molecule has 1 aliphatic rings. The summed E-state index contributed by atoms with van der Waals surface area (Å²) < 4.78 is 20.6. The van der Waals surface area contributed by atoms with Gasteiger partial charge >= 0.3 is 0 Å². The third-order valence-corrected chi connectivity index (χ3v) is 10.4. The van der Waals surface area contributed by atoms with Crippen LogP contribution in [0, 0.1) is 17.7 Å². The number of halogens is 1. The van der Waals surface area contributed by atoms with Crippen LogP contribution in [-0.4, -0.2) is 44.6 Å². The normalized spacial score (nSPS) is 17.5. The van der Waals surface area contributed by atoms with Crippen LogP contribution in [0.15, 0.2) is 120 Å². The Morgan fingerprint density at radius 1 is 0.735 bits per heavy atom. The van der Waals surface area contributed by atoms with Gasteiger partial charge in [-0.15, -0.1) is 0 Å². The monoisotopic (exact) mass is 658 g/mol. The summed E-state index contributed by atoms with van der Waals surface area (Å²) in [6.07, 6.45) is 7.21. The van der Waals surface area contributed by atoms with Crippen molar-refractivity contribution in [3.05, 3.63) is 149 Å². The number of para-hydroxylation sites is 1. The molecule has 4 aromatic carbocycles. The number of benzene rings is 4. The number of hydrogen-bond donors (Lipinski definition) is 0. The van der Waals surface area contributed by atoms with Gasteiger partial charge in [0, 0.05) is 38.8 Å². The van der Waals surface area contributed by atoms with Crippen LogP contribution in [0.25, 0.3) is 0 Å². The fourth-order valence-corrected chi connectivity index (χ4v) is 7.72. The molecule has 256 valence electrons. The number of aromatic nitrogens is 1. The van der Waals surface area contributed by atoms with Crippen LogP contribution in [0.5, 0.6) is 0 Å². The van der Waals surface area contributed by atoms with E-state index in [4.69, 9.17) is 9.40 Å². The summed E-state index contributed by atoms with van der Waals surface area (Å²) >= 11 is 0. The molecular formula is C43H51FN4O. The van der Waals surface area contributed by atoms with Crippen molar-refractivity contribution >= 4 is 11.6 Å². The highest BCUT2D eigenvalue weighted by Gasteiger charge is 2.34. The average molecular weight is 659 g/mol. The van der Waals surface area contributed by atoms with Crippen LogP contribution in [0.1, 0.15) is 72.5 Å². The molecule has 1 saturated carbocycles. The molecule has 0 spiro atoms. The largest absolute Gasteiger partial charge is 0.423 e. The minimum atomic E-state index is -0.178. The second kappa shape index (κ2) is 16.3. The van der Waals surface area contributed by atoms with E-state index < -0.39 is 0 Å². The number of nitrogens with zero attached hydrogens (tertiary/aromatic N) is 4. The fraction of sp³-hybridized carbons (Fsp3) is 0.372. The number of anilines is 2. The number of hydrogen-bond acceptors (Lipinski definition) is 5. The minimum absolute atomic E-state index is 0.00325. The fourth-order valence-electron chi connectivity index (χ4n) is 7.72. The van der Waals surface area contributed by atoms with Crippen LogP contribution < -0.4 is 9.80 Å². The topological polar surface area (TPSA) is 35.8 Å². The third-order valence-electron chi connectivity index (χ3n) is 10.4. The lowest BCUT2D eigenvalue weighted by atomic mass is 9.74. The van der Waals surface area contributed by atoms with Crippen molar-refractivity contribution in [2.24, 2.45) is 11.8 Å². The standard InChI is InChI=1S/C43H51FN4O/c1-46(2)41(36-24-26-37(44)27-25-36)35-22-20-34(21-23-35)31-40(48(4)38-18-12-7-13-19-38)42-45-39(30-33-16-10-6-11-17-33)43(49-42)47(3)29-28-32-14-8-5-9-15-32/h5-19,24-27,34-35,40-41H,20-23,28-31H2,1-4H3. The second-order valence-electron chi connectivity index (χ2n) is 14.1. The summed E-state index contributed by atoms with van der Waals surface area (Å²) in [6, 6.07) is 39.2. The van der Waals surface area contributed by atoms with Crippen molar-refractivity contribution in [2.75, 3.05) is 44.5 Å². The SMILES string of the molecule is CN(CCc1ccccc1)c1oc(C(CC2CCC(C(c3ccc(F)cc3)N(C)C)CC2)N(C)c2ccccc2)nc1Cc1ccccc1. The van der Waals surface area contributed by atoms with Crippen molar-refractivity contribution in [3.63, 3.8) is 0 Å². The first-order chi connectivity index (χ1) is 23.9. The second-order valence-corrected chi connectivity index (χ2v) is 14.1. The Morgan fingerprint density at radius 2 is 1.33 bits per heavy atom. The van der Waals surface area contributed by atoms with Gasteiger partial charge in [-0.1, -0.05) is 104 Å². The highest BCUT2D eigenvalue weighted by Crippen LogP contribution is 2.43. The van der Waals surface area contributed by atoms with Crippen molar-refractivity contribution in [1.82, 2.24) is 9.88 Å². The van der Waals surface area contributed by atoms with E-state index in [0.29, 0.717) is 11.8 Å². The van der Waals surface area contributed by atoms with Gasteiger partial charge in [0.2, 0.25) is 11.8 Å². The first-order valence-electron chi connectivity index (χ1n) is 17.8. The Kier molecular flexibility index (Phi) is 11.5. The first kappa shape index (κ1) is 34.4. The van der Waals surface area contributed by atoms with Gasteiger partial charge in [0.1, 0.15) is 17.6 Å². The van der Waals surface area contributed by atoms with E-state index in [9.17, 15) is 4.39 Å². The zero-order valence-corrected chi connectivity index (χ0v) is 29.5. The maximum Gasteiger partial charge on any atom is 0.219 e. The van der Waals surface area contributed by atoms with Crippen LogP contribution in [-0.2, 0) is 12.8 Å². The molecule has 0 saturated heterocycles. The average Bonchev–Trinajstić information content (AvgIpc) is 3.55. The molecule has 6 rings (SSSR count). The Labute approximate surface area is 292 Å². The summed E-state index contributed by atoms with van der Waals surface area (Å²) in [7, 11) is 8.60. The van der Waals surface area contributed by atoms with E-state index in [0.717, 1.165) is 74.6 Å². The summed E-state index contributed by atoms with van der Waals surface area (Å²) in [5, 5.41) is 0. The Balaban J connectivity index is 1.25. The van der Waals surface area contributed by atoms with E-state index in [1.54, 1.807) is 12.1 Å². The van der Waals surface area contributed by atoms with Crippen molar-refractivity contribution in [3.8, 4) is 0 Å². The van der Waals surface area contributed by atoms with Gasteiger partial charge in [-0.3, -0.25) is 0 Å². The van der Waals surface area contributed by atoms with E-state index in [-0.39, 0.29) is 17.9 Å². The van der Waals surface area contributed by atoms with Gasteiger partial charge in [0.25, 0.3) is 0 Å². The van der Waals surface area contributed by atoms with E-state index in [1.807, 2.05) is 12.1 Å². The third kappa shape index (κ3) is 8.79. The maximum absolute atomic E-state index is 13.7. The van der Waals surface area contributed by atoms with Gasteiger partial charge in [-0.05, 0) is 92.6 Å². The van der Waals surface area contributed by atoms with Crippen LogP contribution in [0.4, 0.5) is 16.0 Å². The zero-order chi connectivity index (χ0) is 34.2. The molecule has 0 N–H and O–H groups in total. The van der Waals surface area contributed by atoms with Crippen molar-refractivity contribution in [2.45, 2.75) is 57.0 Å². The van der Waals surface area contributed by atoms with Crippen LogP contribution in [0.3, 0.4) is 0 Å². The predicted octanol–water partition coefficient (Wildman–Crippen LogP) is 9.76. The molecule has 0 amide bonds. The molecule has 0 bridgehead atoms. The van der Waals surface area contributed by atoms with Gasteiger partial charge in [-0.25, -0.2) is 9.37 Å². The molecule has 1 heterocycles. The Bertz CT molecular complexity index is 1700. The quantitative estimate of drug-likeness (QED) is 0.119. The molecule has 1 aromatic heterocycles. The van der Waals surface area contributed by atoms with Gasteiger partial charge < -0.3 is 19.1 Å². The number of likely N-dealkylation sites (N-methyl/N-ethyl adjacent to an activating group) is 1. The highest BCUT2D eigenvalue weighted by molar-refractivity contribution is 5.48. The molecule has 5 nitrogen and oxygen atoms in total. The molecular weight excluding hydrogens is 607 g/mol. The van der Waals surface area contributed by atoms with Gasteiger partial charge in [0.15, 0.2) is 0 Å². The van der Waals surface area contributed by atoms with E-state index >= 15 is 0 Å². The Hall–Kier alpha value is -4.42. The molecule has 1 fully saturated rings. The minimum Gasteiger partial charge on any atom is -0.423 e. The van der Waals surface area contributed by atoms with Crippen molar-refractivity contribution < 1.29 is 8.81 Å². The number of rotatable bonds is 14. The molecule has 0 radical (unpaired) electrons. The first-order valence-corrected chi connectivity index (χ1v) is 17.8. The molecule has 0 aliphatic heterocycles. The molecule has 5 aromatic rings. The van der Waals surface area contributed by atoms with Gasteiger partial charge in [-0.2, -0.15) is 0 Å². The summed E-state index contributed by atoms with van der Waals surface area (Å²) in [4.78, 5) is 12.2. The highest BCUT2D eigenvalue weighted by atomic mass is 19.1. The zero-order valence-electron chi connectivity index (χ0n) is 29.5. The van der Waals surface area contributed by atoms with E-state index in [2.05, 4.69) is 134 Å². The summed E-state index contributed by atoms with van der Waals surface area (Å²) in [6.45, 7) is 0.838. The smallest absolute Gasteiger partial charge is 0.219 e. The summed E-state index contributed by atoms with van der Waals surface area (Å²) in [5.41, 5.74) is 5.88. The summed E-state index contributed by atoms with van der Waals surface area (Å²) in [5.74, 6) is 2.55. The molecule has 6 heteroatoms. The maximum atomic E-state index is 13.7. The van der Waals surface area contributed by atoms with Crippen molar-refractivity contribution in [1.29, 1.82) is 0 Å². The van der Waals surface area contributed by atoms with Gasteiger partial charge in [0.05, 0.1) is 0 Å². The van der Waals surface area contributed by atoms with Crippen LogP contribution in [0.2, 0.25) is 0 Å².